The highest BCUT2D eigenvalue weighted by atomic mass is 16.5. The molecule has 3 aromatic carbocycles. The molecule has 0 aliphatic heterocycles. The number of esters is 1. The summed E-state index contributed by atoms with van der Waals surface area (Å²) >= 11 is 0. The van der Waals surface area contributed by atoms with Crippen LogP contribution in [0.2, 0.25) is 0 Å². The molecular formula is C41H50N4O7. The molecule has 11 nitrogen and oxygen atoms in total. The first kappa shape index (κ1) is 39.2. The van der Waals surface area contributed by atoms with Gasteiger partial charge in [0.1, 0.15) is 29.8 Å². The first-order valence-corrected chi connectivity index (χ1v) is 17.7. The van der Waals surface area contributed by atoms with E-state index < -0.39 is 17.9 Å². The largest absolute Gasteiger partial charge is 0.496 e. The van der Waals surface area contributed by atoms with Crippen LogP contribution in [0, 0.1) is 6.92 Å². The van der Waals surface area contributed by atoms with Gasteiger partial charge in [-0.25, -0.2) is 0 Å². The predicted molar refractivity (Wildman–Crippen MR) is 202 cm³/mol. The van der Waals surface area contributed by atoms with E-state index in [1.165, 1.54) is 13.2 Å². The fourth-order valence-corrected chi connectivity index (χ4v) is 6.04. The lowest BCUT2D eigenvalue weighted by atomic mass is 10.0. The Labute approximate surface area is 305 Å². The standard InChI is InChI=1S/C41H50N4O7/c1-29-25-36(50-2)32(37(26-29)51-3)18-9-6-13-24-43-40(48)33(19-12-14-23-42-38(46)22-21-30-15-7-5-8-16-30)44-41(49)35-27-31-17-10-11-20-34(31)45(35)28-39(47)52-4/h5,7-8,10-11,15-17,20-22,25-27,33H,6,9,12-14,18-19,23-24,28H2,1-4H3,(H,42,46)(H,43,48)(H,44,49)/t33-/m1/s1. The van der Waals surface area contributed by atoms with E-state index in [9.17, 15) is 19.2 Å². The van der Waals surface area contributed by atoms with Crippen LogP contribution in [0.1, 0.15) is 65.7 Å². The lowest BCUT2D eigenvalue weighted by Crippen LogP contribution is -2.47. The number of hydrogen-bond acceptors (Lipinski definition) is 7. The summed E-state index contributed by atoms with van der Waals surface area (Å²) in [6, 6.07) is 21.8. The summed E-state index contributed by atoms with van der Waals surface area (Å²) in [6.45, 7) is 2.71. The third-order valence-electron chi connectivity index (χ3n) is 8.78. The number of para-hydroxylation sites is 1. The average molecular weight is 711 g/mol. The quantitative estimate of drug-likeness (QED) is 0.0602. The summed E-state index contributed by atoms with van der Waals surface area (Å²) < 4.78 is 17.6. The van der Waals surface area contributed by atoms with Gasteiger partial charge in [-0.15, -0.1) is 0 Å². The third-order valence-corrected chi connectivity index (χ3v) is 8.78. The van der Waals surface area contributed by atoms with Gasteiger partial charge in [0.15, 0.2) is 0 Å². The molecule has 0 bridgehead atoms. The minimum Gasteiger partial charge on any atom is -0.496 e. The van der Waals surface area contributed by atoms with E-state index in [-0.39, 0.29) is 24.1 Å². The smallest absolute Gasteiger partial charge is 0.325 e. The van der Waals surface area contributed by atoms with Gasteiger partial charge in [0, 0.05) is 35.6 Å². The number of rotatable bonds is 20. The molecule has 0 aliphatic rings. The van der Waals surface area contributed by atoms with Crippen LogP contribution >= 0.6 is 0 Å². The molecule has 0 fully saturated rings. The first-order valence-electron chi connectivity index (χ1n) is 17.7. The summed E-state index contributed by atoms with van der Waals surface area (Å²) in [6.07, 6.45) is 8.06. The van der Waals surface area contributed by atoms with Gasteiger partial charge in [-0.05, 0) is 86.9 Å². The lowest BCUT2D eigenvalue weighted by molar-refractivity contribution is -0.141. The van der Waals surface area contributed by atoms with Crippen LogP contribution in [0.4, 0.5) is 0 Å². The third kappa shape index (κ3) is 11.5. The van der Waals surface area contributed by atoms with Crippen molar-refractivity contribution in [3.8, 4) is 11.5 Å². The molecule has 276 valence electrons. The van der Waals surface area contributed by atoms with Crippen molar-refractivity contribution in [3.63, 3.8) is 0 Å². The number of methoxy groups -OCH3 is 3. The summed E-state index contributed by atoms with van der Waals surface area (Å²) in [4.78, 5) is 51.8. The van der Waals surface area contributed by atoms with Gasteiger partial charge in [-0.2, -0.15) is 0 Å². The summed E-state index contributed by atoms with van der Waals surface area (Å²) in [5.41, 5.74) is 3.98. The molecular weight excluding hydrogens is 660 g/mol. The Hall–Kier alpha value is -5.58. The van der Waals surface area contributed by atoms with Crippen LogP contribution in [0.5, 0.6) is 11.5 Å². The zero-order valence-electron chi connectivity index (χ0n) is 30.5. The Morgan fingerprint density at radius 3 is 2.17 bits per heavy atom. The second kappa shape index (κ2) is 20.3. The monoisotopic (exact) mass is 710 g/mol. The maximum Gasteiger partial charge on any atom is 0.325 e. The highest BCUT2D eigenvalue weighted by Gasteiger charge is 2.24. The predicted octanol–water partition coefficient (Wildman–Crippen LogP) is 5.77. The molecule has 52 heavy (non-hydrogen) atoms. The maximum atomic E-state index is 13.7. The Morgan fingerprint density at radius 1 is 0.788 bits per heavy atom. The molecule has 0 radical (unpaired) electrons. The van der Waals surface area contributed by atoms with E-state index in [4.69, 9.17) is 14.2 Å². The maximum absolute atomic E-state index is 13.7. The molecule has 4 rings (SSSR count). The van der Waals surface area contributed by atoms with Crippen LogP contribution in [0.15, 0.2) is 78.9 Å². The van der Waals surface area contributed by atoms with Crippen molar-refractivity contribution in [2.24, 2.45) is 0 Å². The molecule has 0 unspecified atom stereocenters. The van der Waals surface area contributed by atoms with Crippen LogP contribution in [-0.2, 0) is 32.1 Å². The fraction of sp³-hybridized carbons (Fsp3) is 0.366. The molecule has 0 aliphatic carbocycles. The van der Waals surface area contributed by atoms with Gasteiger partial charge < -0.3 is 34.7 Å². The molecule has 0 spiro atoms. The number of hydrogen-bond donors (Lipinski definition) is 3. The minimum absolute atomic E-state index is 0.150. The number of carbonyl (C=O) groups excluding carboxylic acids is 4. The topological polar surface area (TPSA) is 137 Å². The summed E-state index contributed by atoms with van der Waals surface area (Å²) in [7, 11) is 4.61. The SMILES string of the molecule is COC(=O)Cn1c(C(=O)N[C@H](CCCCNC(=O)C=Cc2ccccc2)C(=O)NCCCCCc2c(OC)cc(C)cc2OC)cc2ccccc21. The summed E-state index contributed by atoms with van der Waals surface area (Å²) in [5.74, 6) is 0.144. The molecule has 3 amide bonds. The van der Waals surface area contributed by atoms with E-state index in [0.29, 0.717) is 37.9 Å². The molecule has 1 aromatic heterocycles. The van der Waals surface area contributed by atoms with Gasteiger partial charge in [-0.3, -0.25) is 19.2 Å². The number of ether oxygens (including phenoxy) is 3. The number of aromatic nitrogens is 1. The van der Waals surface area contributed by atoms with Gasteiger partial charge in [0.2, 0.25) is 11.8 Å². The zero-order valence-corrected chi connectivity index (χ0v) is 30.5. The van der Waals surface area contributed by atoms with Crippen molar-refractivity contribution in [1.29, 1.82) is 0 Å². The second-order valence-electron chi connectivity index (χ2n) is 12.6. The Morgan fingerprint density at radius 2 is 1.46 bits per heavy atom. The van der Waals surface area contributed by atoms with Gasteiger partial charge in [0.25, 0.3) is 5.91 Å². The number of fused-ring (bicyclic) bond motifs is 1. The molecule has 0 saturated carbocycles. The number of unbranched alkanes of at least 4 members (excludes halogenated alkanes) is 3. The molecule has 4 aromatic rings. The van der Waals surface area contributed by atoms with E-state index in [1.807, 2.05) is 73.7 Å². The minimum atomic E-state index is -0.827. The Bertz CT molecular complexity index is 1810. The molecule has 0 saturated heterocycles. The van der Waals surface area contributed by atoms with Gasteiger partial charge in [-0.1, -0.05) is 55.0 Å². The molecule has 11 heteroatoms. The van der Waals surface area contributed by atoms with Crippen molar-refractivity contribution in [2.45, 2.75) is 64.5 Å². The van der Waals surface area contributed by atoms with E-state index >= 15 is 0 Å². The Balaban J connectivity index is 1.35. The van der Waals surface area contributed by atoms with Crippen molar-refractivity contribution in [1.82, 2.24) is 20.5 Å². The normalized spacial score (nSPS) is 11.6. The highest BCUT2D eigenvalue weighted by Crippen LogP contribution is 2.32. The average Bonchev–Trinajstić information content (AvgIpc) is 3.53. The molecule has 3 N–H and O–H groups in total. The number of aryl methyl sites for hydroxylation is 1. The number of nitrogens with one attached hydrogen (secondary N) is 3. The van der Waals surface area contributed by atoms with Crippen LogP contribution in [0.3, 0.4) is 0 Å². The lowest BCUT2D eigenvalue weighted by Gasteiger charge is -2.19. The van der Waals surface area contributed by atoms with Crippen molar-refractivity contribution < 1.29 is 33.4 Å². The molecule has 1 heterocycles. The second-order valence-corrected chi connectivity index (χ2v) is 12.6. The summed E-state index contributed by atoms with van der Waals surface area (Å²) in [5, 5.41) is 9.58. The van der Waals surface area contributed by atoms with E-state index in [1.54, 1.807) is 30.9 Å². The van der Waals surface area contributed by atoms with Crippen molar-refractivity contribution in [2.75, 3.05) is 34.4 Å². The van der Waals surface area contributed by atoms with Crippen LogP contribution in [-0.4, -0.2) is 68.7 Å². The highest BCUT2D eigenvalue weighted by molar-refractivity contribution is 6.01. The van der Waals surface area contributed by atoms with Gasteiger partial charge in [0.05, 0.1) is 21.3 Å². The first-order chi connectivity index (χ1) is 25.2. The van der Waals surface area contributed by atoms with Crippen LogP contribution < -0.4 is 25.4 Å². The number of nitrogens with zero attached hydrogens (tertiary/aromatic N) is 1. The zero-order chi connectivity index (χ0) is 37.3. The van der Waals surface area contributed by atoms with Crippen molar-refractivity contribution >= 4 is 40.7 Å². The Kier molecular flexibility index (Phi) is 15.3. The number of benzene rings is 3. The molecule has 1 atom stereocenters. The van der Waals surface area contributed by atoms with E-state index in [2.05, 4.69) is 16.0 Å². The van der Waals surface area contributed by atoms with Crippen molar-refractivity contribution in [3.05, 3.63) is 101 Å². The number of amides is 3. The van der Waals surface area contributed by atoms with Crippen LogP contribution in [0.25, 0.3) is 17.0 Å². The fourth-order valence-electron chi connectivity index (χ4n) is 6.04. The van der Waals surface area contributed by atoms with Gasteiger partial charge >= 0.3 is 5.97 Å². The van der Waals surface area contributed by atoms with E-state index in [0.717, 1.165) is 59.3 Å². The number of carbonyl (C=O) groups is 4.